The molecule has 0 radical (unpaired) electrons. The Morgan fingerprint density at radius 1 is 1.07 bits per heavy atom. The molecular formula is C18H16F4N2O2S. The molecule has 1 amide bonds. The van der Waals surface area contributed by atoms with Crippen LogP contribution >= 0.6 is 11.9 Å². The highest BCUT2D eigenvalue weighted by Crippen LogP contribution is 2.39. The predicted octanol–water partition coefficient (Wildman–Crippen LogP) is 3.96. The maximum absolute atomic E-state index is 13.9. The maximum Gasteiger partial charge on any atom is 0.247 e. The number of benzene rings is 2. The molecule has 4 nitrogen and oxygen atoms in total. The summed E-state index contributed by atoms with van der Waals surface area (Å²) in [5.41, 5.74) is 3.11. The molecule has 0 aromatic heterocycles. The lowest BCUT2D eigenvalue weighted by Crippen LogP contribution is -2.21. The molecule has 0 heterocycles. The van der Waals surface area contributed by atoms with Gasteiger partial charge in [0.2, 0.25) is 5.91 Å². The van der Waals surface area contributed by atoms with Gasteiger partial charge in [-0.2, -0.15) is 0 Å². The van der Waals surface area contributed by atoms with E-state index in [1.165, 1.54) is 0 Å². The molecule has 1 aliphatic carbocycles. The van der Waals surface area contributed by atoms with Gasteiger partial charge in [-0.3, -0.25) is 10.0 Å². The summed E-state index contributed by atoms with van der Waals surface area (Å²) in [6.45, 7) is 0.377. The van der Waals surface area contributed by atoms with Crippen LogP contribution in [-0.4, -0.2) is 21.5 Å². The van der Waals surface area contributed by atoms with Gasteiger partial charge in [-0.1, -0.05) is 24.3 Å². The summed E-state index contributed by atoms with van der Waals surface area (Å²) in [6.07, 6.45) is 1.77. The van der Waals surface area contributed by atoms with Gasteiger partial charge in [-0.25, -0.2) is 27.3 Å². The lowest BCUT2D eigenvalue weighted by molar-refractivity contribution is -0.128. The number of carbonyl (C=O) groups is 1. The highest BCUT2D eigenvalue weighted by atomic mass is 32.2. The first-order valence-corrected chi connectivity index (χ1v) is 8.94. The number of amides is 1. The minimum Gasteiger partial charge on any atom is -0.289 e. The summed E-state index contributed by atoms with van der Waals surface area (Å²) in [7, 11) is 0. The third-order valence-corrected chi connectivity index (χ3v) is 5.25. The van der Waals surface area contributed by atoms with Crippen LogP contribution < -0.4 is 5.48 Å². The Morgan fingerprint density at radius 3 is 2.30 bits per heavy atom. The standard InChI is InChI=1S/C18H16F4N2O2S/c19-13-8-14(17(21)18(22)16(13)20)27-24(12-5-6-12)9-11-3-1-10(2-4-11)7-15(25)23-26/h1-4,8,12,26H,5-7,9H2,(H,23,25). The van der Waals surface area contributed by atoms with Crippen molar-refractivity contribution in [1.82, 2.24) is 9.79 Å². The Labute approximate surface area is 157 Å². The molecule has 27 heavy (non-hydrogen) atoms. The number of rotatable bonds is 7. The molecule has 3 rings (SSSR count). The van der Waals surface area contributed by atoms with Crippen molar-refractivity contribution in [2.75, 3.05) is 0 Å². The molecule has 0 spiro atoms. The summed E-state index contributed by atoms with van der Waals surface area (Å²) < 4.78 is 55.7. The van der Waals surface area contributed by atoms with Gasteiger partial charge in [0.25, 0.3) is 0 Å². The summed E-state index contributed by atoms with van der Waals surface area (Å²) in [4.78, 5) is 10.8. The third-order valence-electron chi connectivity index (χ3n) is 4.09. The Morgan fingerprint density at radius 2 is 1.70 bits per heavy atom. The Balaban J connectivity index is 1.73. The largest absolute Gasteiger partial charge is 0.289 e. The van der Waals surface area contributed by atoms with Crippen molar-refractivity contribution in [1.29, 1.82) is 0 Å². The van der Waals surface area contributed by atoms with Gasteiger partial charge in [0.05, 0.1) is 11.3 Å². The van der Waals surface area contributed by atoms with Gasteiger partial charge < -0.3 is 0 Å². The van der Waals surface area contributed by atoms with Gasteiger partial charge in [0.1, 0.15) is 0 Å². The Kier molecular flexibility index (Phi) is 6.03. The zero-order valence-corrected chi connectivity index (χ0v) is 14.8. The van der Waals surface area contributed by atoms with E-state index in [9.17, 15) is 22.4 Å². The SMILES string of the molecule is O=C(Cc1ccc(CN(Sc2cc(F)c(F)c(F)c2F)C2CC2)cc1)NO. The Bertz CT molecular complexity index is 844. The topological polar surface area (TPSA) is 52.6 Å². The first-order valence-electron chi connectivity index (χ1n) is 8.17. The van der Waals surface area contributed by atoms with E-state index < -0.39 is 29.2 Å². The van der Waals surface area contributed by atoms with Crippen LogP contribution in [0.25, 0.3) is 0 Å². The fourth-order valence-electron chi connectivity index (χ4n) is 2.51. The molecule has 0 bridgehead atoms. The second kappa shape index (κ2) is 8.28. The van der Waals surface area contributed by atoms with E-state index in [-0.39, 0.29) is 17.4 Å². The van der Waals surface area contributed by atoms with Crippen LogP contribution in [0.5, 0.6) is 0 Å². The van der Waals surface area contributed by atoms with E-state index in [1.54, 1.807) is 34.1 Å². The zero-order chi connectivity index (χ0) is 19.6. The monoisotopic (exact) mass is 400 g/mol. The lowest BCUT2D eigenvalue weighted by atomic mass is 10.1. The van der Waals surface area contributed by atoms with Crippen LogP contribution in [0.3, 0.4) is 0 Å². The summed E-state index contributed by atoms with van der Waals surface area (Å²) >= 11 is 0.851. The number of nitrogens with zero attached hydrogens (tertiary/aromatic N) is 1. The predicted molar refractivity (Wildman–Crippen MR) is 90.8 cm³/mol. The van der Waals surface area contributed by atoms with Gasteiger partial charge in [-0.05, 0) is 42.0 Å². The van der Waals surface area contributed by atoms with Crippen molar-refractivity contribution in [2.24, 2.45) is 0 Å². The van der Waals surface area contributed by atoms with Crippen LogP contribution in [0.2, 0.25) is 0 Å². The fraction of sp³-hybridized carbons (Fsp3) is 0.278. The summed E-state index contributed by atoms with van der Waals surface area (Å²) in [6, 6.07) is 7.78. The zero-order valence-electron chi connectivity index (χ0n) is 14.0. The smallest absolute Gasteiger partial charge is 0.247 e. The number of nitrogens with one attached hydrogen (secondary N) is 1. The first kappa shape index (κ1) is 19.7. The minimum atomic E-state index is -1.82. The van der Waals surface area contributed by atoms with Crippen LogP contribution in [0.4, 0.5) is 17.6 Å². The molecular weight excluding hydrogens is 384 g/mol. The van der Waals surface area contributed by atoms with Gasteiger partial charge in [0, 0.05) is 12.6 Å². The number of carbonyl (C=O) groups excluding carboxylic acids is 1. The van der Waals surface area contributed by atoms with Crippen LogP contribution in [-0.2, 0) is 17.8 Å². The molecule has 0 aliphatic heterocycles. The van der Waals surface area contributed by atoms with E-state index >= 15 is 0 Å². The van der Waals surface area contributed by atoms with Crippen LogP contribution in [0.15, 0.2) is 35.2 Å². The van der Waals surface area contributed by atoms with Crippen LogP contribution in [0, 0.1) is 23.3 Å². The molecule has 9 heteroatoms. The van der Waals surface area contributed by atoms with E-state index in [1.807, 2.05) is 0 Å². The maximum atomic E-state index is 13.9. The second-order valence-electron chi connectivity index (χ2n) is 6.22. The number of hydroxylamine groups is 1. The van der Waals surface area contributed by atoms with Crippen molar-refractivity contribution in [3.63, 3.8) is 0 Å². The number of halogens is 4. The normalized spacial score (nSPS) is 13.9. The number of hydrogen-bond donors (Lipinski definition) is 2. The van der Waals surface area contributed by atoms with E-state index in [4.69, 9.17) is 5.21 Å². The van der Waals surface area contributed by atoms with Crippen molar-refractivity contribution in [3.05, 3.63) is 64.7 Å². The molecule has 1 fully saturated rings. The van der Waals surface area contributed by atoms with Gasteiger partial charge in [-0.15, -0.1) is 0 Å². The molecule has 1 aliphatic rings. The average molecular weight is 400 g/mol. The van der Waals surface area contributed by atoms with Crippen molar-refractivity contribution in [3.8, 4) is 0 Å². The molecule has 2 aromatic rings. The molecule has 0 unspecified atom stereocenters. The summed E-state index contributed by atoms with van der Waals surface area (Å²) in [5, 5.41) is 8.54. The van der Waals surface area contributed by atoms with E-state index in [0.717, 1.165) is 30.4 Å². The summed E-state index contributed by atoms with van der Waals surface area (Å²) in [5.74, 6) is -7.01. The second-order valence-corrected chi connectivity index (χ2v) is 7.32. The van der Waals surface area contributed by atoms with Crippen molar-refractivity contribution < 1.29 is 27.6 Å². The third kappa shape index (κ3) is 4.79. The molecule has 2 aromatic carbocycles. The van der Waals surface area contributed by atoms with E-state index in [0.29, 0.717) is 18.2 Å². The van der Waals surface area contributed by atoms with Crippen molar-refractivity contribution >= 4 is 17.9 Å². The average Bonchev–Trinajstić information content (AvgIpc) is 3.50. The van der Waals surface area contributed by atoms with E-state index in [2.05, 4.69) is 0 Å². The molecule has 0 atom stereocenters. The molecule has 144 valence electrons. The first-order chi connectivity index (χ1) is 12.9. The van der Waals surface area contributed by atoms with Crippen LogP contribution in [0.1, 0.15) is 24.0 Å². The number of hydrogen-bond acceptors (Lipinski definition) is 4. The van der Waals surface area contributed by atoms with Gasteiger partial charge in [0.15, 0.2) is 23.3 Å². The van der Waals surface area contributed by atoms with Crippen molar-refractivity contribution in [2.45, 2.75) is 36.7 Å². The quantitative estimate of drug-likeness (QED) is 0.185. The highest BCUT2D eigenvalue weighted by molar-refractivity contribution is 7.97. The van der Waals surface area contributed by atoms with Gasteiger partial charge >= 0.3 is 0 Å². The fourth-order valence-corrected chi connectivity index (χ4v) is 3.66. The minimum absolute atomic E-state index is 0.0250. The molecule has 2 N–H and O–H groups in total. The highest BCUT2D eigenvalue weighted by Gasteiger charge is 2.31. The molecule has 0 saturated heterocycles. The lowest BCUT2D eigenvalue weighted by Gasteiger charge is -2.21. The Hall–Kier alpha value is -2.10. The molecule has 1 saturated carbocycles.